The normalized spacial score (nSPS) is 21.0. The van der Waals surface area contributed by atoms with Crippen LogP contribution in [0.25, 0.3) is 11.1 Å². The third-order valence-corrected chi connectivity index (χ3v) is 11.2. The summed E-state index contributed by atoms with van der Waals surface area (Å²) in [5.41, 5.74) is 6.27. The molecule has 4 N–H and O–H groups in total. The second-order valence-corrected chi connectivity index (χ2v) is 14.8. The van der Waals surface area contributed by atoms with Gasteiger partial charge in [-0.05, 0) is 65.6 Å². The Morgan fingerprint density at radius 1 is 0.836 bits per heavy atom. The number of amides is 2. The number of piperidine rings is 1. The number of unbranched alkanes of at least 4 members (excludes halogenated alkanes) is 1. The number of anilines is 1. The molecule has 3 atom stereocenters. The van der Waals surface area contributed by atoms with Gasteiger partial charge in [0.05, 0.1) is 25.5 Å². The Hall–Kier alpha value is -5.07. The van der Waals surface area contributed by atoms with Gasteiger partial charge < -0.3 is 40.1 Å². The van der Waals surface area contributed by atoms with E-state index in [1.807, 2.05) is 78.9 Å². The number of para-hydroxylation sites is 1. The highest BCUT2D eigenvalue weighted by Gasteiger charge is 2.50. The molecule has 0 aromatic heterocycles. The van der Waals surface area contributed by atoms with Crippen molar-refractivity contribution in [1.29, 1.82) is 0 Å². The van der Waals surface area contributed by atoms with Gasteiger partial charge in [-0.2, -0.15) is 0 Å². The average Bonchev–Trinajstić information content (AvgIpc) is 3.54. The van der Waals surface area contributed by atoms with Crippen LogP contribution in [-0.4, -0.2) is 70.8 Å². The minimum absolute atomic E-state index is 0.0210. The summed E-state index contributed by atoms with van der Waals surface area (Å²) in [5.74, 6) is -0.844. The van der Waals surface area contributed by atoms with Gasteiger partial charge in [0.25, 0.3) is 0 Å². The Morgan fingerprint density at radius 3 is 2.25 bits per heavy atom. The highest BCUT2D eigenvalue weighted by molar-refractivity contribution is 5.93. The molecule has 3 saturated heterocycles. The summed E-state index contributed by atoms with van der Waals surface area (Å²) in [6.45, 7) is 3.13. The minimum Gasteiger partial charge on any atom is -0.481 e. The average molecular weight is 747 g/mol. The van der Waals surface area contributed by atoms with Crippen LogP contribution in [0.5, 0.6) is 0 Å². The SMILES string of the molecule is O=C(O)CCCCC(=O)NCc1ccccc1-c1ccc([C@H]2O[C@@H](CN3CCC4(CC3)C(=O)NCN4c3ccccc3)C[C@@H](c3ccc(CO)cc3)O2)cc1. The Balaban J connectivity index is 1.03. The van der Waals surface area contributed by atoms with Crippen LogP contribution in [0, 0.1) is 0 Å². The zero-order chi connectivity index (χ0) is 38.2. The van der Waals surface area contributed by atoms with Gasteiger partial charge in [0.15, 0.2) is 6.29 Å². The van der Waals surface area contributed by atoms with Crippen molar-refractivity contribution in [3.8, 4) is 11.1 Å². The van der Waals surface area contributed by atoms with Crippen molar-refractivity contribution in [2.75, 3.05) is 31.2 Å². The van der Waals surface area contributed by atoms with Gasteiger partial charge in [-0.1, -0.05) is 91.0 Å². The number of aliphatic carboxylic acids is 1. The molecular weight excluding hydrogens is 697 g/mol. The summed E-state index contributed by atoms with van der Waals surface area (Å²) in [4.78, 5) is 41.1. The zero-order valence-corrected chi connectivity index (χ0v) is 31.1. The molecule has 11 heteroatoms. The topological polar surface area (TPSA) is 141 Å². The first-order valence-corrected chi connectivity index (χ1v) is 19.3. The number of carbonyl (C=O) groups excluding carboxylic acids is 2. The molecule has 2 amide bonds. The van der Waals surface area contributed by atoms with Crippen molar-refractivity contribution in [3.05, 3.63) is 125 Å². The minimum atomic E-state index is -0.849. The smallest absolute Gasteiger partial charge is 0.303 e. The highest BCUT2D eigenvalue weighted by Crippen LogP contribution is 2.40. The van der Waals surface area contributed by atoms with Crippen LogP contribution in [0.3, 0.4) is 0 Å². The molecule has 0 unspecified atom stereocenters. The number of nitrogens with one attached hydrogen (secondary N) is 2. The van der Waals surface area contributed by atoms with E-state index in [9.17, 15) is 19.5 Å². The molecule has 0 saturated carbocycles. The number of aliphatic hydroxyl groups is 1. The van der Waals surface area contributed by atoms with Gasteiger partial charge in [0.1, 0.15) is 5.54 Å². The van der Waals surface area contributed by atoms with Gasteiger partial charge in [-0.3, -0.25) is 14.4 Å². The summed E-state index contributed by atoms with van der Waals surface area (Å²) in [6, 6.07) is 34.2. The summed E-state index contributed by atoms with van der Waals surface area (Å²) in [7, 11) is 0. The second kappa shape index (κ2) is 17.6. The molecule has 3 aliphatic heterocycles. The third kappa shape index (κ3) is 9.08. The lowest BCUT2D eigenvalue weighted by Gasteiger charge is -2.45. The van der Waals surface area contributed by atoms with Crippen LogP contribution in [0.2, 0.25) is 0 Å². The Kier molecular flexibility index (Phi) is 12.2. The maximum Gasteiger partial charge on any atom is 0.303 e. The van der Waals surface area contributed by atoms with E-state index in [2.05, 4.69) is 44.7 Å². The Labute approximate surface area is 322 Å². The highest BCUT2D eigenvalue weighted by atomic mass is 16.7. The van der Waals surface area contributed by atoms with Gasteiger partial charge >= 0.3 is 5.97 Å². The van der Waals surface area contributed by atoms with Gasteiger partial charge in [-0.25, -0.2) is 0 Å². The lowest BCUT2D eigenvalue weighted by molar-refractivity contribution is -0.253. The summed E-state index contributed by atoms with van der Waals surface area (Å²) in [6.07, 6.45) is 2.56. The van der Waals surface area contributed by atoms with E-state index in [4.69, 9.17) is 14.6 Å². The van der Waals surface area contributed by atoms with Crippen molar-refractivity contribution in [1.82, 2.24) is 15.5 Å². The summed E-state index contributed by atoms with van der Waals surface area (Å²) in [5, 5.41) is 24.6. The predicted molar refractivity (Wildman–Crippen MR) is 209 cm³/mol. The van der Waals surface area contributed by atoms with Crippen LogP contribution < -0.4 is 15.5 Å². The standard InChI is InChI=1S/C44H50N4O7/c49-29-31-14-16-33(17-15-31)39-26-37(28-47-24-22-44(23-25-47)43(53)46-30-48(44)36-9-2-1-3-10-36)54-42(55-39)34-20-18-32(19-21-34)38-11-5-4-8-35(38)27-45-40(50)12-6-7-13-41(51)52/h1-5,8-11,14-21,37,39,42,49H,6-7,12-13,22-30H2,(H,45,50)(H,46,53)(H,51,52)/t37-,39+,42+/m1/s1. The molecule has 1 spiro atoms. The second-order valence-electron chi connectivity index (χ2n) is 14.8. The number of hydrogen-bond donors (Lipinski definition) is 4. The quantitative estimate of drug-likeness (QED) is 0.113. The predicted octanol–water partition coefficient (Wildman–Crippen LogP) is 6.08. The molecule has 4 aromatic carbocycles. The molecule has 3 heterocycles. The number of carbonyl (C=O) groups is 3. The molecule has 0 aliphatic carbocycles. The Morgan fingerprint density at radius 2 is 1.53 bits per heavy atom. The van der Waals surface area contributed by atoms with Crippen molar-refractivity contribution in [3.63, 3.8) is 0 Å². The number of carboxylic acids is 1. The molecule has 3 aliphatic rings. The number of rotatable bonds is 14. The first-order chi connectivity index (χ1) is 26.8. The third-order valence-electron chi connectivity index (χ3n) is 11.2. The zero-order valence-electron chi connectivity index (χ0n) is 31.1. The molecule has 3 fully saturated rings. The molecule has 55 heavy (non-hydrogen) atoms. The molecule has 4 aromatic rings. The van der Waals surface area contributed by atoms with E-state index >= 15 is 0 Å². The van der Waals surface area contributed by atoms with Crippen LogP contribution in [-0.2, 0) is 37.0 Å². The molecular formula is C44H50N4O7. The lowest BCUT2D eigenvalue weighted by atomic mass is 9.85. The van der Waals surface area contributed by atoms with Crippen LogP contribution >= 0.6 is 0 Å². The van der Waals surface area contributed by atoms with Gasteiger partial charge in [0, 0.05) is 56.7 Å². The molecule has 288 valence electrons. The monoisotopic (exact) mass is 746 g/mol. The van der Waals surface area contributed by atoms with E-state index in [0.29, 0.717) is 45.4 Å². The van der Waals surface area contributed by atoms with Crippen LogP contribution in [0.15, 0.2) is 103 Å². The first-order valence-electron chi connectivity index (χ1n) is 19.3. The first kappa shape index (κ1) is 38.2. The molecule has 7 rings (SSSR count). The number of nitrogens with zero attached hydrogens (tertiary/aromatic N) is 2. The largest absolute Gasteiger partial charge is 0.481 e. The fraction of sp³-hybridized carbons (Fsp3) is 0.386. The van der Waals surface area contributed by atoms with Gasteiger partial charge in [-0.15, -0.1) is 0 Å². The molecule has 0 radical (unpaired) electrons. The number of hydrogen-bond acceptors (Lipinski definition) is 8. The number of carboxylic acid groups (broad SMARTS) is 1. The maximum atomic E-state index is 13.3. The number of benzene rings is 4. The van der Waals surface area contributed by atoms with Crippen LogP contribution in [0.4, 0.5) is 5.69 Å². The van der Waals surface area contributed by atoms with Crippen molar-refractivity contribution >= 4 is 23.5 Å². The number of aliphatic hydroxyl groups excluding tert-OH is 1. The number of ether oxygens (including phenoxy) is 2. The Bertz CT molecular complexity index is 1910. The lowest BCUT2D eigenvalue weighted by Crippen LogP contribution is -2.57. The molecule has 0 bridgehead atoms. The van der Waals surface area contributed by atoms with E-state index < -0.39 is 17.8 Å². The van der Waals surface area contributed by atoms with Crippen molar-refractivity contribution in [2.45, 2.75) is 82.1 Å². The summed E-state index contributed by atoms with van der Waals surface area (Å²) >= 11 is 0. The summed E-state index contributed by atoms with van der Waals surface area (Å²) < 4.78 is 13.4. The number of likely N-dealkylation sites (tertiary alicyclic amines) is 1. The van der Waals surface area contributed by atoms with E-state index in [-0.39, 0.29) is 37.0 Å². The van der Waals surface area contributed by atoms with Crippen LogP contribution in [0.1, 0.15) is 79.6 Å². The van der Waals surface area contributed by atoms with E-state index in [1.165, 1.54) is 0 Å². The fourth-order valence-electron chi connectivity index (χ4n) is 8.08. The van der Waals surface area contributed by atoms with Crippen molar-refractivity contribution < 1.29 is 34.1 Å². The maximum absolute atomic E-state index is 13.3. The molecule has 11 nitrogen and oxygen atoms in total. The van der Waals surface area contributed by atoms with E-state index in [0.717, 1.165) is 65.0 Å². The van der Waals surface area contributed by atoms with E-state index in [1.54, 1.807) is 0 Å². The van der Waals surface area contributed by atoms with Gasteiger partial charge in [0.2, 0.25) is 11.8 Å². The van der Waals surface area contributed by atoms with Crippen molar-refractivity contribution in [2.24, 2.45) is 0 Å². The fourth-order valence-corrected chi connectivity index (χ4v) is 8.08.